The van der Waals surface area contributed by atoms with Crippen LogP contribution < -0.4 is 5.32 Å². The van der Waals surface area contributed by atoms with Crippen LogP contribution in [0.4, 0.5) is 0 Å². The highest BCUT2D eigenvalue weighted by Crippen LogP contribution is 2.12. The van der Waals surface area contributed by atoms with Gasteiger partial charge in [-0.2, -0.15) is 0 Å². The lowest BCUT2D eigenvalue weighted by molar-refractivity contribution is 0.0235. The van der Waals surface area contributed by atoms with Crippen LogP contribution in [0.5, 0.6) is 0 Å². The number of ether oxygens (including phenoxy) is 1. The molecule has 0 aliphatic carbocycles. The highest BCUT2D eigenvalue weighted by atomic mass is 32.1. The first-order valence-corrected chi connectivity index (χ1v) is 6.08. The minimum atomic E-state index is -0.0806. The zero-order valence-corrected chi connectivity index (χ0v) is 10.8. The van der Waals surface area contributed by atoms with Crippen LogP contribution in [0.25, 0.3) is 0 Å². The van der Waals surface area contributed by atoms with Crippen molar-refractivity contribution in [1.82, 2.24) is 10.3 Å². The van der Waals surface area contributed by atoms with Gasteiger partial charge in [-0.3, -0.25) is 0 Å². The lowest BCUT2D eigenvalue weighted by atomic mass is 10.1. The third-order valence-corrected chi connectivity index (χ3v) is 3.47. The molecule has 86 valence electrons. The second kappa shape index (κ2) is 5.58. The molecule has 0 spiro atoms. The second-order valence-electron chi connectivity index (χ2n) is 4.25. The molecule has 1 rings (SSSR count). The predicted molar refractivity (Wildman–Crippen MR) is 64.5 cm³/mol. The first-order valence-electron chi connectivity index (χ1n) is 5.20. The number of aromatic nitrogens is 1. The van der Waals surface area contributed by atoms with E-state index in [9.17, 15) is 0 Å². The van der Waals surface area contributed by atoms with E-state index in [1.807, 2.05) is 5.51 Å². The van der Waals surface area contributed by atoms with Crippen molar-refractivity contribution in [3.05, 3.63) is 16.1 Å². The molecule has 1 aromatic heterocycles. The van der Waals surface area contributed by atoms with E-state index >= 15 is 0 Å². The van der Waals surface area contributed by atoms with E-state index < -0.39 is 0 Å². The summed E-state index contributed by atoms with van der Waals surface area (Å²) in [5.41, 5.74) is 2.99. The Morgan fingerprint density at radius 3 is 2.80 bits per heavy atom. The van der Waals surface area contributed by atoms with Crippen LogP contribution in [0.3, 0.4) is 0 Å². The van der Waals surface area contributed by atoms with Gasteiger partial charge < -0.3 is 10.1 Å². The Balaban J connectivity index is 2.20. The van der Waals surface area contributed by atoms with Crippen LogP contribution in [0, 0.1) is 6.92 Å². The topological polar surface area (TPSA) is 34.1 Å². The van der Waals surface area contributed by atoms with Gasteiger partial charge in [0.15, 0.2) is 0 Å². The Kier molecular flexibility index (Phi) is 4.70. The van der Waals surface area contributed by atoms with Gasteiger partial charge in [-0.25, -0.2) is 4.98 Å². The maximum absolute atomic E-state index is 5.33. The monoisotopic (exact) mass is 228 g/mol. The smallest absolute Gasteiger partial charge is 0.0797 e. The minimum absolute atomic E-state index is 0.0806. The first kappa shape index (κ1) is 12.6. The van der Waals surface area contributed by atoms with E-state index in [-0.39, 0.29) is 5.60 Å². The molecule has 0 radical (unpaired) electrons. The first-order chi connectivity index (χ1) is 7.05. The highest BCUT2D eigenvalue weighted by molar-refractivity contribution is 7.09. The number of hydrogen-bond donors (Lipinski definition) is 1. The molecule has 0 fully saturated rings. The fraction of sp³-hybridized carbons (Fsp3) is 0.727. The van der Waals surface area contributed by atoms with Gasteiger partial charge in [0.05, 0.1) is 16.8 Å². The number of rotatable bonds is 6. The van der Waals surface area contributed by atoms with Gasteiger partial charge in [0.2, 0.25) is 0 Å². The molecule has 0 aliphatic rings. The number of nitrogens with one attached hydrogen (secondary N) is 1. The number of hydrogen-bond acceptors (Lipinski definition) is 4. The van der Waals surface area contributed by atoms with Crippen molar-refractivity contribution in [2.75, 3.05) is 20.2 Å². The molecule has 0 aromatic carbocycles. The maximum atomic E-state index is 5.33. The van der Waals surface area contributed by atoms with Crippen LogP contribution >= 0.6 is 11.3 Å². The standard InChI is InChI=1S/C11H20N2OS/c1-9-10(15-8-13-9)5-6-12-7-11(2,3)14-4/h8,12H,5-7H2,1-4H3. The Bertz CT molecular complexity index is 297. The summed E-state index contributed by atoms with van der Waals surface area (Å²) in [5, 5.41) is 3.40. The average molecular weight is 228 g/mol. The van der Waals surface area contributed by atoms with E-state index in [0.29, 0.717) is 0 Å². The highest BCUT2D eigenvalue weighted by Gasteiger charge is 2.14. The van der Waals surface area contributed by atoms with Crippen molar-refractivity contribution in [3.63, 3.8) is 0 Å². The molecular formula is C11H20N2OS. The van der Waals surface area contributed by atoms with Gasteiger partial charge in [-0.15, -0.1) is 11.3 Å². The summed E-state index contributed by atoms with van der Waals surface area (Å²) in [6, 6.07) is 0. The molecule has 0 aliphatic heterocycles. The van der Waals surface area contributed by atoms with Crippen LogP contribution in [0.15, 0.2) is 5.51 Å². The largest absolute Gasteiger partial charge is 0.377 e. The number of nitrogens with zero attached hydrogens (tertiary/aromatic N) is 1. The van der Waals surface area contributed by atoms with E-state index in [2.05, 4.69) is 31.1 Å². The molecule has 0 atom stereocenters. The Labute approximate surface area is 95.9 Å². The molecule has 1 heterocycles. The molecule has 0 saturated heterocycles. The van der Waals surface area contributed by atoms with Crippen molar-refractivity contribution in [1.29, 1.82) is 0 Å². The molecule has 0 saturated carbocycles. The normalized spacial score (nSPS) is 12.0. The van der Waals surface area contributed by atoms with Gasteiger partial charge in [0.1, 0.15) is 0 Å². The van der Waals surface area contributed by atoms with E-state index in [4.69, 9.17) is 4.74 Å². The van der Waals surface area contributed by atoms with Gasteiger partial charge in [-0.1, -0.05) is 0 Å². The average Bonchev–Trinajstić information content (AvgIpc) is 2.59. The van der Waals surface area contributed by atoms with Crippen LogP contribution in [0.1, 0.15) is 24.4 Å². The van der Waals surface area contributed by atoms with Crippen molar-refractivity contribution >= 4 is 11.3 Å². The molecule has 4 heteroatoms. The van der Waals surface area contributed by atoms with E-state index in [1.54, 1.807) is 18.4 Å². The van der Waals surface area contributed by atoms with E-state index in [1.165, 1.54) is 4.88 Å². The van der Waals surface area contributed by atoms with E-state index in [0.717, 1.165) is 25.2 Å². The molecule has 3 nitrogen and oxygen atoms in total. The van der Waals surface area contributed by atoms with Gasteiger partial charge in [0.25, 0.3) is 0 Å². The van der Waals surface area contributed by atoms with Crippen LogP contribution in [-0.2, 0) is 11.2 Å². The maximum Gasteiger partial charge on any atom is 0.0797 e. The fourth-order valence-electron chi connectivity index (χ4n) is 1.23. The van der Waals surface area contributed by atoms with Gasteiger partial charge in [0, 0.05) is 25.1 Å². The Hall–Kier alpha value is -0.450. The molecule has 0 unspecified atom stereocenters. The Morgan fingerprint density at radius 2 is 2.27 bits per heavy atom. The third kappa shape index (κ3) is 4.28. The van der Waals surface area contributed by atoms with Crippen molar-refractivity contribution < 1.29 is 4.74 Å². The van der Waals surface area contributed by atoms with Gasteiger partial charge in [-0.05, 0) is 27.2 Å². The van der Waals surface area contributed by atoms with Crippen molar-refractivity contribution in [3.8, 4) is 0 Å². The van der Waals surface area contributed by atoms with Gasteiger partial charge >= 0.3 is 0 Å². The predicted octanol–water partition coefficient (Wildman–Crippen LogP) is 2.01. The Morgan fingerprint density at radius 1 is 1.53 bits per heavy atom. The lowest BCUT2D eigenvalue weighted by Gasteiger charge is -2.23. The minimum Gasteiger partial charge on any atom is -0.377 e. The van der Waals surface area contributed by atoms with Crippen LogP contribution in [-0.4, -0.2) is 30.8 Å². The summed E-state index contributed by atoms with van der Waals surface area (Å²) in [4.78, 5) is 5.60. The molecule has 1 N–H and O–H groups in total. The number of methoxy groups -OCH3 is 1. The molecule has 0 bridgehead atoms. The fourth-order valence-corrected chi connectivity index (χ4v) is 2.01. The van der Waals surface area contributed by atoms with Crippen molar-refractivity contribution in [2.24, 2.45) is 0 Å². The quantitative estimate of drug-likeness (QED) is 0.756. The summed E-state index contributed by atoms with van der Waals surface area (Å²) in [7, 11) is 1.75. The summed E-state index contributed by atoms with van der Waals surface area (Å²) in [6.45, 7) is 8.08. The van der Waals surface area contributed by atoms with Crippen molar-refractivity contribution in [2.45, 2.75) is 32.8 Å². The molecule has 15 heavy (non-hydrogen) atoms. The second-order valence-corrected chi connectivity index (χ2v) is 5.19. The summed E-state index contributed by atoms with van der Waals surface area (Å²) < 4.78 is 5.33. The summed E-state index contributed by atoms with van der Waals surface area (Å²) in [5.74, 6) is 0. The third-order valence-electron chi connectivity index (χ3n) is 2.48. The number of aryl methyl sites for hydroxylation is 1. The SMILES string of the molecule is COC(C)(C)CNCCc1scnc1C. The zero-order valence-electron chi connectivity index (χ0n) is 9.96. The number of thiazole rings is 1. The molecule has 1 aromatic rings. The lowest BCUT2D eigenvalue weighted by Crippen LogP contribution is -2.37. The van der Waals surface area contributed by atoms with Crippen LogP contribution in [0.2, 0.25) is 0 Å². The molecular weight excluding hydrogens is 208 g/mol. The summed E-state index contributed by atoms with van der Waals surface area (Å²) in [6.07, 6.45) is 1.05. The molecule has 0 amide bonds. The summed E-state index contributed by atoms with van der Waals surface area (Å²) >= 11 is 1.73. The zero-order chi connectivity index (χ0) is 11.3.